The monoisotopic (exact) mass is 595 g/mol. The largest absolute Gasteiger partial charge is 0.360 e. The third-order valence-electron chi connectivity index (χ3n) is 7.04. The molecule has 0 saturated carbocycles. The van der Waals surface area contributed by atoms with Gasteiger partial charge < -0.3 is 4.74 Å². The SMILES string of the molecule is CC(=O)[C@@H](OC(C)(C)C)c1c(C)cc2nc(-c3ccnc(-c4ccc5c(cnn5C)c4)n3)sc2c1-c1ccc(Cl)cc1. The van der Waals surface area contributed by atoms with Crippen LogP contribution >= 0.6 is 22.9 Å². The fourth-order valence-electron chi connectivity index (χ4n) is 5.18. The van der Waals surface area contributed by atoms with Crippen LogP contribution in [0, 0.1) is 6.92 Å². The molecular formula is C33H30ClN5O2S. The number of carbonyl (C=O) groups excluding carboxylic acids is 1. The van der Waals surface area contributed by atoms with Gasteiger partial charge in [0.05, 0.1) is 27.5 Å². The Labute approximate surface area is 253 Å². The van der Waals surface area contributed by atoms with E-state index in [-0.39, 0.29) is 5.78 Å². The normalized spacial score (nSPS) is 12.7. The van der Waals surface area contributed by atoms with Gasteiger partial charge in [-0.1, -0.05) is 23.7 Å². The summed E-state index contributed by atoms with van der Waals surface area (Å²) in [5.41, 5.74) is 6.62. The predicted molar refractivity (Wildman–Crippen MR) is 170 cm³/mol. The lowest BCUT2D eigenvalue weighted by Crippen LogP contribution is -2.27. The van der Waals surface area contributed by atoms with Crippen LogP contribution in [-0.2, 0) is 16.6 Å². The van der Waals surface area contributed by atoms with Gasteiger partial charge in [-0.15, -0.1) is 11.3 Å². The number of ketones is 1. The van der Waals surface area contributed by atoms with Crippen LogP contribution in [-0.4, -0.2) is 36.1 Å². The number of halogens is 1. The highest BCUT2D eigenvalue weighted by atomic mass is 35.5. The summed E-state index contributed by atoms with van der Waals surface area (Å²) in [6.45, 7) is 9.47. The van der Waals surface area contributed by atoms with E-state index in [0.29, 0.717) is 10.8 Å². The van der Waals surface area contributed by atoms with E-state index in [4.69, 9.17) is 26.3 Å². The number of rotatable bonds is 6. The number of carbonyl (C=O) groups is 1. The molecule has 0 aliphatic carbocycles. The van der Waals surface area contributed by atoms with Crippen LogP contribution in [0.15, 0.2) is 67.0 Å². The highest BCUT2D eigenvalue weighted by Crippen LogP contribution is 2.44. The smallest absolute Gasteiger partial charge is 0.163 e. The average molecular weight is 596 g/mol. The van der Waals surface area contributed by atoms with E-state index in [1.165, 1.54) is 0 Å². The van der Waals surface area contributed by atoms with Gasteiger partial charge in [0.25, 0.3) is 0 Å². The van der Waals surface area contributed by atoms with Crippen molar-refractivity contribution in [2.24, 2.45) is 7.05 Å². The van der Waals surface area contributed by atoms with Crippen molar-refractivity contribution in [3.05, 3.63) is 83.1 Å². The van der Waals surface area contributed by atoms with Gasteiger partial charge in [0.2, 0.25) is 0 Å². The Morgan fingerprint density at radius 3 is 2.48 bits per heavy atom. The van der Waals surface area contributed by atoms with E-state index >= 15 is 0 Å². The number of fused-ring (bicyclic) bond motifs is 2. The maximum Gasteiger partial charge on any atom is 0.163 e. The van der Waals surface area contributed by atoms with Crippen LogP contribution in [0.3, 0.4) is 0 Å². The lowest BCUT2D eigenvalue weighted by atomic mass is 9.90. The Balaban J connectivity index is 1.53. The topological polar surface area (TPSA) is 82.8 Å². The molecule has 3 aromatic carbocycles. The molecule has 0 unspecified atom stereocenters. The van der Waals surface area contributed by atoms with Gasteiger partial charge in [-0.3, -0.25) is 9.48 Å². The highest BCUT2D eigenvalue weighted by molar-refractivity contribution is 7.22. The minimum Gasteiger partial charge on any atom is -0.360 e. The fourth-order valence-corrected chi connectivity index (χ4v) is 6.40. The Morgan fingerprint density at radius 1 is 1.02 bits per heavy atom. The summed E-state index contributed by atoms with van der Waals surface area (Å²) in [4.78, 5) is 27.5. The lowest BCUT2D eigenvalue weighted by Gasteiger charge is -2.29. The molecule has 7 nitrogen and oxygen atoms in total. The van der Waals surface area contributed by atoms with E-state index < -0.39 is 11.7 Å². The number of nitrogens with zero attached hydrogens (tertiary/aromatic N) is 5. The van der Waals surface area contributed by atoms with Gasteiger partial charge in [0.15, 0.2) is 11.6 Å². The first-order valence-corrected chi connectivity index (χ1v) is 14.8. The van der Waals surface area contributed by atoms with Gasteiger partial charge in [0.1, 0.15) is 16.8 Å². The highest BCUT2D eigenvalue weighted by Gasteiger charge is 2.30. The van der Waals surface area contributed by atoms with Crippen molar-refractivity contribution in [3.63, 3.8) is 0 Å². The first kappa shape index (κ1) is 28.2. The second kappa shape index (κ2) is 10.7. The van der Waals surface area contributed by atoms with Crippen LogP contribution in [0.25, 0.3) is 54.3 Å². The Bertz CT molecular complexity index is 1970. The summed E-state index contributed by atoms with van der Waals surface area (Å²) in [5.74, 6) is 0.556. The Morgan fingerprint density at radius 2 is 1.76 bits per heavy atom. The summed E-state index contributed by atoms with van der Waals surface area (Å²) in [7, 11) is 1.92. The molecule has 0 aliphatic heterocycles. The maximum absolute atomic E-state index is 13.0. The van der Waals surface area contributed by atoms with Crippen LogP contribution < -0.4 is 0 Å². The number of hydrogen-bond donors (Lipinski definition) is 0. The van der Waals surface area contributed by atoms with Crippen LogP contribution in [0.1, 0.15) is 44.9 Å². The zero-order valence-electron chi connectivity index (χ0n) is 24.3. The molecule has 0 fully saturated rings. The Kier molecular flexibility index (Phi) is 7.17. The molecule has 0 aliphatic rings. The molecule has 0 saturated heterocycles. The van der Waals surface area contributed by atoms with Gasteiger partial charge >= 0.3 is 0 Å². The van der Waals surface area contributed by atoms with Gasteiger partial charge in [0, 0.05) is 40.3 Å². The van der Waals surface area contributed by atoms with E-state index in [2.05, 4.69) is 10.1 Å². The number of thiazole rings is 1. The van der Waals surface area contributed by atoms with Crippen molar-refractivity contribution in [3.8, 4) is 33.2 Å². The molecule has 6 aromatic rings. The molecular weight excluding hydrogens is 566 g/mol. The molecule has 212 valence electrons. The third-order valence-corrected chi connectivity index (χ3v) is 8.41. The molecule has 0 amide bonds. The molecule has 9 heteroatoms. The molecule has 6 rings (SSSR count). The number of Topliss-reactive ketones (excluding diaryl/α,β-unsaturated/α-hetero) is 1. The average Bonchev–Trinajstić information content (AvgIpc) is 3.54. The number of hydrogen-bond acceptors (Lipinski definition) is 7. The standard InChI is InChI=1S/C33H30ClN5O2S/c1-18-15-25-30(28(20-7-10-23(34)11-8-20)27(18)29(19(2)40)41-33(3,4)5)42-32(38-25)24-13-14-35-31(37-24)21-9-12-26-22(16-21)17-36-39(26)6/h7-17,29H,1-6H3/t29-/m1/s1. The number of aryl methyl sites for hydroxylation is 2. The minimum absolute atomic E-state index is 0.0571. The van der Waals surface area contributed by atoms with Crippen molar-refractivity contribution in [1.82, 2.24) is 24.7 Å². The van der Waals surface area contributed by atoms with Crippen LogP contribution in [0.4, 0.5) is 0 Å². The number of ether oxygens (including phenoxy) is 1. The van der Waals surface area contributed by atoms with Crippen molar-refractivity contribution < 1.29 is 9.53 Å². The molecule has 1 atom stereocenters. The summed E-state index contributed by atoms with van der Waals surface area (Å²) >= 11 is 7.81. The predicted octanol–water partition coefficient (Wildman–Crippen LogP) is 8.38. The number of benzene rings is 3. The molecule has 3 aromatic heterocycles. The first-order chi connectivity index (χ1) is 20.0. The summed E-state index contributed by atoms with van der Waals surface area (Å²) in [6, 6.07) is 17.7. The van der Waals surface area contributed by atoms with E-state index in [1.807, 2.05) is 100 Å². The minimum atomic E-state index is -0.737. The first-order valence-electron chi connectivity index (χ1n) is 13.6. The molecule has 3 heterocycles. The molecule has 0 spiro atoms. The summed E-state index contributed by atoms with van der Waals surface area (Å²) in [6.07, 6.45) is 2.86. The second-order valence-corrected chi connectivity index (χ2v) is 12.8. The molecule has 0 radical (unpaired) electrons. The second-order valence-electron chi connectivity index (χ2n) is 11.4. The van der Waals surface area contributed by atoms with Crippen molar-refractivity contribution in [2.45, 2.75) is 46.3 Å². The molecule has 0 bridgehead atoms. The van der Waals surface area contributed by atoms with Gasteiger partial charge in [-0.2, -0.15) is 5.10 Å². The van der Waals surface area contributed by atoms with Crippen LogP contribution in [0.2, 0.25) is 5.02 Å². The van der Waals surface area contributed by atoms with E-state index in [9.17, 15) is 4.79 Å². The van der Waals surface area contributed by atoms with Crippen molar-refractivity contribution in [2.75, 3.05) is 0 Å². The molecule has 0 N–H and O–H groups in total. The zero-order valence-corrected chi connectivity index (χ0v) is 25.8. The zero-order chi connectivity index (χ0) is 29.8. The van der Waals surface area contributed by atoms with E-state index in [1.54, 1.807) is 24.5 Å². The van der Waals surface area contributed by atoms with Gasteiger partial charge in [-0.05, 0) is 88.2 Å². The quantitative estimate of drug-likeness (QED) is 0.192. The number of aromatic nitrogens is 5. The third kappa shape index (κ3) is 5.33. The summed E-state index contributed by atoms with van der Waals surface area (Å²) in [5, 5.41) is 6.77. The Hall–Kier alpha value is -3.98. The van der Waals surface area contributed by atoms with Crippen molar-refractivity contribution >= 4 is 49.8 Å². The van der Waals surface area contributed by atoms with Crippen molar-refractivity contribution in [1.29, 1.82) is 0 Å². The molecule has 42 heavy (non-hydrogen) atoms. The summed E-state index contributed by atoms with van der Waals surface area (Å²) < 4.78 is 9.17. The van der Waals surface area contributed by atoms with Crippen LogP contribution in [0.5, 0.6) is 0 Å². The lowest BCUT2D eigenvalue weighted by molar-refractivity contribution is -0.138. The van der Waals surface area contributed by atoms with E-state index in [0.717, 1.165) is 59.6 Å². The fraction of sp³-hybridized carbons (Fsp3) is 0.242. The van der Waals surface area contributed by atoms with Gasteiger partial charge in [-0.25, -0.2) is 15.0 Å². The maximum atomic E-state index is 13.0.